The third-order valence-corrected chi connectivity index (χ3v) is 5.60. The van der Waals surface area contributed by atoms with E-state index >= 15 is 0 Å². The van der Waals surface area contributed by atoms with E-state index < -0.39 is 17.8 Å². The highest BCUT2D eigenvalue weighted by atomic mass is 32.1. The van der Waals surface area contributed by atoms with Gasteiger partial charge in [0.25, 0.3) is 0 Å². The van der Waals surface area contributed by atoms with Gasteiger partial charge in [0.15, 0.2) is 5.13 Å². The van der Waals surface area contributed by atoms with Gasteiger partial charge in [-0.2, -0.15) is 0 Å². The minimum atomic E-state index is -1.14. The number of carboxylic acid groups (broad SMARTS) is 1. The summed E-state index contributed by atoms with van der Waals surface area (Å²) in [6, 6.07) is 9.69. The lowest BCUT2D eigenvalue weighted by atomic mass is 9.82. The highest BCUT2D eigenvalue weighted by molar-refractivity contribution is 7.14. The van der Waals surface area contributed by atoms with Crippen molar-refractivity contribution in [2.24, 2.45) is 23.7 Å². The lowest BCUT2D eigenvalue weighted by Crippen LogP contribution is -2.42. The Kier molecular flexibility index (Phi) is 3.69. The Morgan fingerprint density at radius 1 is 1.12 bits per heavy atom. The van der Waals surface area contributed by atoms with Crippen molar-refractivity contribution in [2.45, 2.75) is 6.42 Å². The van der Waals surface area contributed by atoms with Crippen molar-refractivity contribution in [2.75, 3.05) is 5.32 Å². The third kappa shape index (κ3) is 2.53. The fourth-order valence-corrected chi connectivity index (χ4v) is 4.49. The highest BCUT2D eigenvalue weighted by Gasteiger charge is 2.48. The van der Waals surface area contributed by atoms with Gasteiger partial charge >= 0.3 is 0 Å². The topological polar surface area (TPSA) is 82.1 Å². The number of rotatable bonds is 4. The molecule has 6 heteroatoms. The average molecular weight is 339 g/mol. The average Bonchev–Trinajstić information content (AvgIpc) is 3.30. The smallest absolute Gasteiger partial charge is 0.230 e. The molecule has 1 N–H and O–H groups in total. The van der Waals surface area contributed by atoms with Gasteiger partial charge in [0, 0.05) is 22.8 Å². The molecule has 4 rings (SSSR count). The predicted molar refractivity (Wildman–Crippen MR) is 88.9 cm³/mol. The maximum absolute atomic E-state index is 12.6. The van der Waals surface area contributed by atoms with Gasteiger partial charge in [-0.1, -0.05) is 42.5 Å². The SMILES string of the molecule is O=C([O-])[C@@H]1[C@H](C(=O)Nc2nc(-c3ccccc3)cs2)[C@H]2C=C[C@@H]1C2. The molecule has 1 heterocycles. The number of hydrogen-bond acceptors (Lipinski definition) is 5. The van der Waals surface area contributed by atoms with Crippen LogP contribution in [0.25, 0.3) is 11.3 Å². The molecule has 1 aromatic heterocycles. The standard InChI is InChI=1S/C18H16N2O3S/c21-16(14-11-6-7-12(8-11)15(14)17(22)23)20-18-19-13(9-24-18)10-4-2-1-3-5-10/h1-7,9,11-12,14-15H,8H2,(H,22,23)(H,19,20,21)/p-1/t11-,12+,14+,15-/m0/s1. The van der Waals surface area contributed by atoms with Crippen LogP contribution in [0.5, 0.6) is 0 Å². The van der Waals surface area contributed by atoms with Crippen LogP contribution in [-0.4, -0.2) is 16.9 Å². The first-order valence-corrected chi connectivity index (χ1v) is 8.72. The zero-order valence-corrected chi connectivity index (χ0v) is 13.5. The number of carbonyl (C=O) groups excluding carboxylic acids is 2. The number of nitrogens with one attached hydrogen (secondary N) is 1. The second kappa shape index (κ2) is 5.87. The molecule has 2 aliphatic carbocycles. The molecular formula is C18H15N2O3S-. The quantitative estimate of drug-likeness (QED) is 0.863. The number of fused-ring (bicyclic) bond motifs is 2. The van der Waals surface area contributed by atoms with Crippen LogP contribution in [0, 0.1) is 23.7 Å². The van der Waals surface area contributed by atoms with E-state index in [-0.39, 0.29) is 17.7 Å². The first kappa shape index (κ1) is 15.1. The molecule has 0 radical (unpaired) electrons. The molecule has 2 aliphatic rings. The zero-order chi connectivity index (χ0) is 16.7. The van der Waals surface area contributed by atoms with Crippen LogP contribution in [0.15, 0.2) is 47.9 Å². The van der Waals surface area contributed by atoms with E-state index in [9.17, 15) is 14.7 Å². The Morgan fingerprint density at radius 2 is 1.83 bits per heavy atom. The number of anilines is 1. The first-order valence-electron chi connectivity index (χ1n) is 7.84. The number of benzene rings is 1. The van der Waals surface area contributed by atoms with Gasteiger partial charge in [-0.25, -0.2) is 4.98 Å². The maximum atomic E-state index is 12.6. The Hall–Kier alpha value is -2.47. The van der Waals surface area contributed by atoms with Crippen LogP contribution in [0.3, 0.4) is 0 Å². The number of hydrogen-bond donors (Lipinski definition) is 1. The van der Waals surface area contributed by atoms with E-state index in [2.05, 4.69) is 10.3 Å². The molecule has 0 spiro atoms. The number of carbonyl (C=O) groups is 2. The Bertz CT molecular complexity index is 815. The van der Waals surface area contributed by atoms with Gasteiger partial charge in [-0.15, -0.1) is 11.3 Å². The summed E-state index contributed by atoms with van der Waals surface area (Å²) in [6.45, 7) is 0. The van der Waals surface area contributed by atoms with Crippen LogP contribution < -0.4 is 10.4 Å². The lowest BCUT2D eigenvalue weighted by molar-refractivity contribution is -0.313. The van der Waals surface area contributed by atoms with E-state index in [1.165, 1.54) is 11.3 Å². The van der Waals surface area contributed by atoms with Crippen molar-refractivity contribution in [3.05, 3.63) is 47.9 Å². The zero-order valence-electron chi connectivity index (χ0n) is 12.7. The molecule has 4 atom stereocenters. The number of aromatic nitrogens is 1. The number of allylic oxidation sites excluding steroid dienone is 2. The third-order valence-electron chi connectivity index (χ3n) is 4.84. The van der Waals surface area contributed by atoms with Crippen molar-refractivity contribution in [3.63, 3.8) is 0 Å². The molecule has 2 bridgehead atoms. The fourth-order valence-electron chi connectivity index (χ4n) is 3.76. The Morgan fingerprint density at radius 3 is 2.54 bits per heavy atom. The molecule has 1 amide bonds. The van der Waals surface area contributed by atoms with Crippen LogP contribution in [0.4, 0.5) is 5.13 Å². The molecular weight excluding hydrogens is 324 g/mol. The molecule has 0 aliphatic heterocycles. The summed E-state index contributed by atoms with van der Waals surface area (Å²) >= 11 is 1.34. The minimum Gasteiger partial charge on any atom is -0.550 e. The summed E-state index contributed by atoms with van der Waals surface area (Å²) in [7, 11) is 0. The van der Waals surface area contributed by atoms with Gasteiger partial charge in [-0.3, -0.25) is 4.79 Å². The Balaban J connectivity index is 1.52. The summed E-state index contributed by atoms with van der Waals surface area (Å²) in [5.41, 5.74) is 1.77. The molecule has 5 nitrogen and oxygen atoms in total. The molecule has 24 heavy (non-hydrogen) atoms. The summed E-state index contributed by atoms with van der Waals surface area (Å²) in [5, 5.41) is 16.6. The summed E-state index contributed by atoms with van der Waals surface area (Å²) in [4.78, 5) is 28.4. The van der Waals surface area contributed by atoms with Gasteiger partial charge in [-0.05, 0) is 18.3 Å². The van der Waals surface area contributed by atoms with E-state index in [4.69, 9.17) is 0 Å². The van der Waals surface area contributed by atoms with Crippen molar-refractivity contribution in [1.82, 2.24) is 4.98 Å². The van der Waals surface area contributed by atoms with E-state index in [0.29, 0.717) is 11.6 Å². The lowest BCUT2D eigenvalue weighted by Gasteiger charge is -2.27. The molecule has 2 aromatic rings. The van der Waals surface area contributed by atoms with Crippen LogP contribution in [0.1, 0.15) is 6.42 Å². The fraction of sp³-hybridized carbons (Fsp3) is 0.278. The maximum Gasteiger partial charge on any atom is 0.230 e. The summed E-state index contributed by atoms with van der Waals surface area (Å²) in [5.74, 6) is -2.85. The number of aliphatic carboxylic acids is 1. The monoisotopic (exact) mass is 339 g/mol. The number of carboxylic acids is 1. The normalized spacial score (nSPS) is 27.3. The highest BCUT2D eigenvalue weighted by Crippen LogP contribution is 2.48. The number of nitrogens with zero attached hydrogens (tertiary/aromatic N) is 1. The molecule has 1 aromatic carbocycles. The van der Waals surface area contributed by atoms with Crippen molar-refractivity contribution in [1.29, 1.82) is 0 Å². The van der Waals surface area contributed by atoms with Crippen molar-refractivity contribution < 1.29 is 14.7 Å². The Labute approximate surface area is 143 Å². The van der Waals surface area contributed by atoms with E-state index in [1.807, 2.05) is 47.9 Å². The molecule has 1 fully saturated rings. The van der Waals surface area contributed by atoms with Crippen LogP contribution in [0.2, 0.25) is 0 Å². The minimum absolute atomic E-state index is 0.0218. The summed E-state index contributed by atoms with van der Waals surface area (Å²) in [6.07, 6.45) is 4.56. The largest absolute Gasteiger partial charge is 0.550 e. The second-order valence-electron chi connectivity index (χ2n) is 6.21. The van der Waals surface area contributed by atoms with Gasteiger partial charge in [0.05, 0.1) is 11.6 Å². The van der Waals surface area contributed by atoms with E-state index in [0.717, 1.165) is 11.3 Å². The second-order valence-corrected chi connectivity index (χ2v) is 7.07. The van der Waals surface area contributed by atoms with Gasteiger partial charge < -0.3 is 15.2 Å². The van der Waals surface area contributed by atoms with Crippen molar-refractivity contribution in [3.8, 4) is 11.3 Å². The molecule has 0 saturated heterocycles. The van der Waals surface area contributed by atoms with Gasteiger partial charge in [0.2, 0.25) is 5.91 Å². The van der Waals surface area contributed by atoms with Crippen LogP contribution in [-0.2, 0) is 9.59 Å². The van der Waals surface area contributed by atoms with Crippen molar-refractivity contribution >= 4 is 28.3 Å². The number of amides is 1. The molecule has 1 saturated carbocycles. The van der Waals surface area contributed by atoms with Gasteiger partial charge in [0.1, 0.15) is 0 Å². The predicted octanol–water partition coefficient (Wildman–Crippen LogP) is 1.94. The number of thiazole rings is 1. The van der Waals surface area contributed by atoms with Crippen LogP contribution >= 0.6 is 11.3 Å². The first-order chi connectivity index (χ1) is 11.6. The van der Waals surface area contributed by atoms with E-state index in [1.54, 1.807) is 0 Å². The molecule has 0 unspecified atom stereocenters. The summed E-state index contributed by atoms with van der Waals surface area (Å²) < 4.78 is 0. The molecule has 122 valence electrons.